The summed E-state index contributed by atoms with van der Waals surface area (Å²) in [6.45, 7) is 7.90. The third-order valence-corrected chi connectivity index (χ3v) is 5.14. The van der Waals surface area contributed by atoms with Gasteiger partial charge >= 0.3 is 0 Å². The van der Waals surface area contributed by atoms with Gasteiger partial charge in [0.2, 0.25) is 5.91 Å². The van der Waals surface area contributed by atoms with Gasteiger partial charge in [-0.25, -0.2) is 14.4 Å². The number of carbonyl (C=O) groups excluding carboxylic acids is 1. The molecule has 0 saturated heterocycles. The SMILES string of the molecule is Cc1cc(C)c(NC(=O)CSc2cc(C)nc(-c3ccc(F)cc3)n2)c(C)c1. The average Bonchev–Trinajstić information content (AvgIpc) is 2.63. The molecule has 0 fully saturated rings. The van der Waals surface area contributed by atoms with Crippen LogP contribution < -0.4 is 5.32 Å². The van der Waals surface area contributed by atoms with Gasteiger partial charge in [0.15, 0.2) is 5.82 Å². The van der Waals surface area contributed by atoms with Gasteiger partial charge in [-0.1, -0.05) is 29.5 Å². The van der Waals surface area contributed by atoms with E-state index in [0.717, 1.165) is 28.1 Å². The van der Waals surface area contributed by atoms with Crippen molar-refractivity contribution in [1.29, 1.82) is 0 Å². The van der Waals surface area contributed by atoms with Gasteiger partial charge in [0.05, 0.1) is 5.75 Å². The Kier molecular flexibility index (Phi) is 6.09. The number of nitrogens with one attached hydrogen (secondary N) is 1. The Labute approximate surface area is 168 Å². The Balaban J connectivity index is 1.71. The second kappa shape index (κ2) is 8.52. The van der Waals surface area contributed by atoms with Crippen molar-refractivity contribution in [3.8, 4) is 11.4 Å². The maximum Gasteiger partial charge on any atom is 0.234 e. The lowest BCUT2D eigenvalue weighted by Crippen LogP contribution is -2.16. The molecule has 0 bridgehead atoms. The molecule has 6 heteroatoms. The lowest BCUT2D eigenvalue weighted by Gasteiger charge is -2.13. The van der Waals surface area contributed by atoms with Gasteiger partial charge < -0.3 is 5.32 Å². The highest BCUT2D eigenvalue weighted by Crippen LogP contribution is 2.24. The summed E-state index contributed by atoms with van der Waals surface area (Å²) in [6, 6.07) is 12.0. The van der Waals surface area contributed by atoms with Crippen LogP contribution in [0.5, 0.6) is 0 Å². The molecule has 1 N–H and O–H groups in total. The zero-order chi connectivity index (χ0) is 20.3. The van der Waals surface area contributed by atoms with Crippen LogP contribution in [0.15, 0.2) is 47.5 Å². The third kappa shape index (κ3) is 4.95. The van der Waals surface area contributed by atoms with Crippen LogP contribution in [0.25, 0.3) is 11.4 Å². The Morgan fingerprint density at radius 1 is 1.00 bits per heavy atom. The first kappa shape index (κ1) is 20.0. The largest absolute Gasteiger partial charge is 0.325 e. The van der Waals surface area contributed by atoms with Crippen molar-refractivity contribution in [2.24, 2.45) is 0 Å². The van der Waals surface area contributed by atoms with Gasteiger partial charge in [0.1, 0.15) is 10.8 Å². The summed E-state index contributed by atoms with van der Waals surface area (Å²) >= 11 is 1.35. The number of nitrogens with zero attached hydrogens (tertiary/aromatic N) is 2. The van der Waals surface area contributed by atoms with E-state index in [2.05, 4.69) is 27.4 Å². The highest BCUT2D eigenvalue weighted by atomic mass is 32.2. The maximum atomic E-state index is 13.1. The predicted molar refractivity (Wildman–Crippen MR) is 112 cm³/mol. The summed E-state index contributed by atoms with van der Waals surface area (Å²) < 4.78 is 13.1. The van der Waals surface area contributed by atoms with E-state index in [-0.39, 0.29) is 17.5 Å². The molecule has 3 rings (SSSR count). The van der Waals surface area contributed by atoms with Crippen molar-refractivity contribution in [3.05, 3.63) is 70.7 Å². The number of aromatic nitrogens is 2. The summed E-state index contributed by atoms with van der Waals surface area (Å²) in [6.07, 6.45) is 0. The highest BCUT2D eigenvalue weighted by Gasteiger charge is 2.11. The van der Waals surface area contributed by atoms with Crippen LogP contribution >= 0.6 is 11.8 Å². The molecule has 2 aromatic carbocycles. The van der Waals surface area contributed by atoms with Gasteiger partial charge in [-0.15, -0.1) is 0 Å². The average molecular weight is 396 g/mol. The fourth-order valence-electron chi connectivity index (χ4n) is 3.03. The van der Waals surface area contributed by atoms with E-state index in [0.29, 0.717) is 10.9 Å². The number of halogens is 1. The molecule has 28 heavy (non-hydrogen) atoms. The molecule has 0 aliphatic rings. The molecule has 144 valence electrons. The first-order valence-corrected chi connectivity index (χ1v) is 9.92. The van der Waals surface area contributed by atoms with Crippen molar-refractivity contribution in [2.45, 2.75) is 32.7 Å². The van der Waals surface area contributed by atoms with Gasteiger partial charge in [0.25, 0.3) is 0 Å². The van der Waals surface area contributed by atoms with E-state index in [1.54, 1.807) is 12.1 Å². The maximum absolute atomic E-state index is 13.1. The minimum absolute atomic E-state index is 0.0837. The van der Waals surface area contributed by atoms with E-state index < -0.39 is 0 Å². The number of benzene rings is 2. The van der Waals surface area contributed by atoms with Crippen LogP contribution in [-0.4, -0.2) is 21.6 Å². The Hall–Kier alpha value is -2.73. The minimum Gasteiger partial charge on any atom is -0.325 e. The van der Waals surface area contributed by atoms with E-state index >= 15 is 0 Å². The number of aryl methyl sites for hydroxylation is 4. The standard InChI is InChI=1S/C22H22FN3OS/c1-13-9-14(2)21(15(3)10-13)25-19(27)12-28-20-11-16(4)24-22(26-20)17-5-7-18(23)8-6-17/h5-11H,12H2,1-4H3,(H,25,27). The molecule has 0 aliphatic carbocycles. The van der Waals surface area contributed by atoms with Gasteiger partial charge in [0, 0.05) is 16.9 Å². The lowest BCUT2D eigenvalue weighted by molar-refractivity contribution is -0.113. The smallest absolute Gasteiger partial charge is 0.234 e. The number of thioether (sulfide) groups is 1. The molecule has 3 aromatic rings. The van der Waals surface area contributed by atoms with Crippen LogP contribution in [0.1, 0.15) is 22.4 Å². The minimum atomic E-state index is -0.302. The topological polar surface area (TPSA) is 54.9 Å². The molecule has 0 saturated carbocycles. The molecule has 0 unspecified atom stereocenters. The fraction of sp³-hybridized carbons (Fsp3) is 0.227. The van der Waals surface area contributed by atoms with Crippen molar-refractivity contribution in [1.82, 2.24) is 9.97 Å². The van der Waals surface area contributed by atoms with Crippen LogP contribution in [-0.2, 0) is 4.79 Å². The zero-order valence-electron chi connectivity index (χ0n) is 16.3. The van der Waals surface area contributed by atoms with Crippen molar-refractivity contribution >= 4 is 23.4 Å². The number of carbonyl (C=O) groups is 1. The normalized spacial score (nSPS) is 10.8. The van der Waals surface area contributed by atoms with Crippen LogP contribution in [0, 0.1) is 33.5 Å². The summed E-state index contributed by atoms with van der Waals surface area (Å²) in [5.41, 5.74) is 5.67. The number of rotatable bonds is 5. The van der Waals surface area contributed by atoms with Gasteiger partial charge in [-0.05, 0) is 69.2 Å². The molecule has 0 atom stereocenters. The molecule has 1 heterocycles. The summed E-state index contributed by atoms with van der Waals surface area (Å²) in [4.78, 5) is 21.4. The molecule has 1 aromatic heterocycles. The Morgan fingerprint density at radius 2 is 1.64 bits per heavy atom. The highest BCUT2D eigenvalue weighted by molar-refractivity contribution is 7.99. The van der Waals surface area contributed by atoms with Crippen LogP contribution in [0.3, 0.4) is 0 Å². The Bertz CT molecular complexity index is 996. The van der Waals surface area contributed by atoms with Crippen molar-refractivity contribution in [2.75, 3.05) is 11.1 Å². The molecular formula is C22H22FN3OS. The number of hydrogen-bond donors (Lipinski definition) is 1. The van der Waals surface area contributed by atoms with E-state index in [1.807, 2.05) is 33.8 Å². The van der Waals surface area contributed by atoms with E-state index in [1.165, 1.54) is 29.5 Å². The molecular weight excluding hydrogens is 373 g/mol. The first-order chi connectivity index (χ1) is 13.3. The molecule has 0 radical (unpaired) electrons. The zero-order valence-corrected chi connectivity index (χ0v) is 17.2. The number of amides is 1. The number of hydrogen-bond acceptors (Lipinski definition) is 4. The molecule has 0 aliphatic heterocycles. The van der Waals surface area contributed by atoms with Crippen molar-refractivity contribution in [3.63, 3.8) is 0 Å². The number of anilines is 1. The van der Waals surface area contributed by atoms with Gasteiger partial charge in [-0.2, -0.15) is 0 Å². The quantitative estimate of drug-likeness (QED) is 0.474. The summed E-state index contributed by atoms with van der Waals surface area (Å²) in [7, 11) is 0. The lowest BCUT2D eigenvalue weighted by atomic mass is 10.1. The Morgan fingerprint density at radius 3 is 2.29 bits per heavy atom. The summed E-state index contributed by atoms with van der Waals surface area (Å²) in [5, 5.41) is 3.71. The third-order valence-electron chi connectivity index (χ3n) is 4.23. The van der Waals surface area contributed by atoms with Gasteiger partial charge in [-0.3, -0.25) is 4.79 Å². The first-order valence-electron chi connectivity index (χ1n) is 8.94. The summed E-state index contributed by atoms with van der Waals surface area (Å²) in [5.74, 6) is 0.378. The second-order valence-corrected chi connectivity index (χ2v) is 7.78. The van der Waals surface area contributed by atoms with Crippen LogP contribution in [0.4, 0.5) is 10.1 Å². The second-order valence-electron chi connectivity index (χ2n) is 6.79. The van der Waals surface area contributed by atoms with Crippen LogP contribution in [0.2, 0.25) is 0 Å². The predicted octanol–water partition coefficient (Wildman–Crippen LogP) is 5.25. The van der Waals surface area contributed by atoms with E-state index in [4.69, 9.17) is 0 Å². The fourth-order valence-corrected chi connectivity index (χ4v) is 3.79. The van der Waals surface area contributed by atoms with Crippen molar-refractivity contribution < 1.29 is 9.18 Å². The molecule has 1 amide bonds. The molecule has 0 spiro atoms. The monoisotopic (exact) mass is 395 g/mol. The van der Waals surface area contributed by atoms with E-state index in [9.17, 15) is 9.18 Å². The molecule has 4 nitrogen and oxygen atoms in total.